The van der Waals surface area contributed by atoms with E-state index in [9.17, 15) is 9.90 Å². The Hall–Kier alpha value is -3.81. The molecule has 1 aliphatic heterocycles. The summed E-state index contributed by atoms with van der Waals surface area (Å²) in [6.07, 6.45) is 4.42. The number of aromatic carboxylic acids is 1. The van der Waals surface area contributed by atoms with Crippen molar-refractivity contribution in [3.8, 4) is 17.2 Å². The van der Waals surface area contributed by atoms with Gasteiger partial charge in [-0.15, -0.1) is 0 Å². The molecule has 35 heavy (non-hydrogen) atoms. The fraction of sp³-hybridized carbons (Fsp3) is 0.370. The number of carbonyl (C=O) groups is 1. The summed E-state index contributed by atoms with van der Waals surface area (Å²) in [5.74, 6) is 1.85. The van der Waals surface area contributed by atoms with Crippen LogP contribution in [0.3, 0.4) is 0 Å². The number of carboxylic acid groups (broad SMARTS) is 1. The van der Waals surface area contributed by atoms with Crippen molar-refractivity contribution in [3.63, 3.8) is 0 Å². The molecule has 3 aromatic rings. The molecule has 1 aromatic heterocycles. The van der Waals surface area contributed by atoms with Crippen LogP contribution in [0, 0.1) is 6.92 Å². The molecule has 1 aliphatic rings. The van der Waals surface area contributed by atoms with Gasteiger partial charge in [-0.25, -0.2) is 14.8 Å². The molecule has 0 spiro atoms. The molecule has 1 atom stereocenters. The average molecular weight is 478 g/mol. The summed E-state index contributed by atoms with van der Waals surface area (Å²) >= 11 is 0. The lowest BCUT2D eigenvalue weighted by atomic mass is 10.0. The highest BCUT2D eigenvalue weighted by atomic mass is 16.5. The Balaban J connectivity index is 1.64. The number of aromatic nitrogens is 2. The van der Waals surface area contributed by atoms with E-state index in [1.54, 1.807) is 21.3 Å². The van der Waals surface area contributed by atoms with E-state index in [0.29, 0.717) is 24.5 Å². The number of ether oxygens (including phenoxy) is 3. The maximum absolute atomic E-state index is 11.9. The summed E-state index contributed by atoms with van der Waals surface area (Å²) in [5, 5.41) is 9.75. The van der Waals surface area contributed by atoms with Gasteiger partial charge in [-0.1, -0.05) is 12.1 Å². The van der Waals surface area contributed by atoms with Gasteiger partial charge in [0.1, 0.15) is 17.2 Å². The van der Waals surface area contributed by atoms with Gasteiger partial charge in [0.2, 0.25) is 5.95 Å². The van der Waals surface area contributed by atoms with Gasteiger partial charge in [-0.05, 0) is 68.0 Å². The largest absolute Gasteiger partial charge is 0.497 e. The highest BCUT2D eigenvalue weighted by Crippen LogP contribution is 2.40. The standard InChI is InChI=1S/C27H31N3O5/c1-17-7-8-18(14-25(17)35-4)9-11-22-21(26(31)32)16-28-27(29-22)30-13-5-6-23(30)20-15-19(33-2)10-12-24(20)34-3/h7-8,10,12,14-16,23H,5-6,9,11,13H2,1-4H3,(H,31,32)/t23-/m1/s1. The van der Waals surface area contributed by atoms with Gasteiger partial charge < -0.3 is 24.2 Å². The second kappa shape index (κ2) is 10.6. The fourth-order valence-electron chi connectivity index (χ4n) is 4.63. The predicted molar refractivity (Wildman–Crippen MR) is 133 cm³/mol. The first-order valence-electron chi connectivity index (χ1n) is 11.7. The lowest BCUT2D eigenvalue weighted by Crippen LogP contribution is -2.26. The van der Waals surface area contributed by atoms with Gasteiger partial charge in [0.25, 0.3) is 0 Å². The quantitative estimate of drug-likeness (QED) is 0.477. The molecule has 2 aromatic carbocycles. The Bertz CT molecular complexity index is 1210. The molecule has 0 unspecified atom stereocenters. The molecule has 4 rings (SSSR count). The summed E-state index contributed by atoms with van der Waals surface area (Å²) < 4.78 is 16.5. The van der Waals surface area contributed by atoms with Crippen LogP contribution >= 0.6 is 0 Å². The summed E-state index contributed by atoms with van der Waals surface area (Å²) in [7, 11) is 4.94. The van der Waals surface area contributed by atoms with Crippen molar-refractivity contribution in [3.05, 3.63) is 70.5 Å². The lowest BCUT2D eigenvalue weighted by molar-refractivity contribution is 0.0694. The molecule has 184 valence electrons. The van der Waals surface area contributed by atoms with Crippen molar-refractivity contribution >= 4 is 11.9 Å². The molecule has 0 aliphatic carbocycles. The first-order chi connectivity index (χ1) is 16.9. The maximum Gasteiger partial charge on any atom is 0.339 e. The van der Waals surface area contributed by atoms with Gasteiger partial charge >= 0.3 is 5.97 Å². The first kappa shape index (κ1) is 24.3. The van der Waals surface area contributed by atoms with Gasteiger partial charge in [-0.3, -0.25) is 0 Å². The fourth-order valence-corrected chi connectivity index (χ4v) is 4.63. The van der Waals surface area contributed by atoms with E-state index in [2.05, 4.69) is 9.88 Å². The van der Waals surface area contributed by atoms with E-state index in [-0.39, 0.29) is 11.6 Å². The van der Waals surface area contributed by atoms with Crippen molar-refractivity contribution in [2.75, 3.05) is 32.8 Å². The Morgan fingerprint density at radius 1 is 1.06 bits per heavy atom. The van der Waals surface area contributed by atoms with Crippen LogP contribution in [0.4, 0.5) is 5.95 Å². The monoisotopic (exact) mass is 477 g/mol. The Morgan fingerprint density at radius 3 is 2.57 bits per heavy atom. The lowest BCUT2D eigenvalue weighted by Gasteiger charge is -2.27. The third-order valence-corrected chi connectivity index (χ3v) is 6.51. The van der Waals surface area contributed by atoms with Crippen LogP contribution in [0.25, 0.3) is 0 Å². The molecule has 1 saturated heterocycles. The number of methoxy groups -OCH3 is 3. The van der Waals surface area contributed by atoms with E-state index in [1.165, 1.54) is 6.20 Å². The van der Waals surface area contributed by atoms with E-state index in [1.807, 2.05) is 43.3 Å². The molecular weight excluding hydrogens is 446 g/mol. The molecule has 8 nitrogen and oxygen atoms in total. The zero-order chi connectivity index (χ0) is 24.9. The van der Waals surface area contributed by atoms with Gasteiger partial charge in [0.05, 0.1) is 38.6 Å². The van der Waals surface area contributed by atoms with Crippen LogP contribution in [-0.2, 0) is 12.8 Å². The van der Waals surface area contributed by atoms with Gasteiger partial charge in [-0.2, -0.15) is 0 Å². The molecule has 0 bridgehead atoms. The minimum atomic E-state index is -1.03. The zero-order valence-electron chi connectivity index (χ0n) is 20.6. The molecule has 0 radical (unpaired) electrons. The molecule has 1 fully saturated rings. The van der Waals surface area contributed by atoms with Crippen LogP contribution in [0.1, 0.15) is 51.6 Å². The molecule has 8 heteroatoms. The van der Waals surface area contributed by atoms with Crippen molar-refractivity contribution in [1.82, 2.24) is 9.97 Å². The summed E-state index contributed by atoms with van der Waals surface area (Å²) in [6.45, 7) is 2.76. The number of hydrogen-bond acceptors (Lipinski definition) is 7. The van der Waals surface area contributed by atoms with Crippen LogP contribution < -0.4 is 19.1 Å². The number of anilines is 1. The zero-order valence-corrected chi connectivity index (χ0v) is 20.6. The normalized spacial score (nSPS) is 15.2. The van der Waals surface area contributed by atoms with Crippen LogP contribution in [0.5, 0.6) is 17.2 Å². The van der Waals surface area contributed by atoms with Crippen molar-refractivity contribution in [1.29, 1.82) is 0 Å². The Kier molecular flexibility index (Phi) is 7.39. The highest BCUT2D eigenvalue weighted by molar-refractivity contribution is 5.88. The van der Waals surface area contributed by atoms with Crippen molar-refractivity contribution in [2.45, 2.75) is 38.6 Å². The molecular formula is C27H31N3O5. The van der Waals surface area contributed by atoms with Gasteiger partial charge in [0, 0.05) is 18.3 Å². The maximum atomic E-state index is 11.9. The highest BCUT2D eigenvalue weighted by Gasteiger charge is 2.31. The van der Waals surface area contributed by atoms with Crippen LogP contribution in [-0.4, -0.2) is 48.9 Å². The second-order valence-electron chi connectivity index (χ2n) is 8.60. The second-order valence-corrected chi connectivity index (χ2v) is 8.60. The van der Waals surface area contributed by atoms with Gasteiger partial charge in [0.15, 0.2) is 0 Å². The van der Waals surface area contributed by atoms with E-state index >= 15 is 0 Å². The predicted octanol–water partition coefficient (Wildman–Crippen LogP) is 4.64. The minimum Gasteiger partial charge on any atom is -0.497 e. The smallest absolute Gasteiger partial charge is 0.339 e. The Labute approximate surface area is 205 Å². The molecule has 2 heterocycles. The van der Waals surface area contributed by atoms with E-state index in [0.717, 1.165) is 53.3 Å². The molecule has 0 amide bonds. The molecule has 0 saturated carbocycles. The number of nitrogens with zero attached hydrogens (tertiary/aromatic N) is 3. The number of benzene rings is 2. The number of carboxylic acids is 1. The number of rotatable bonds is 9. The first-order valence-corrected chi connectivity index (χ1v) is 11.7. The number of hydrogen-bond donors (Lipinski definition) is 1. The minimum absolute atomic E-state index is 0.00457. The SMILES string of the molecule is COc1ccc(OC)c([C@H]2CCCN2c2ncc(C(=O)O)c(CCc3ccc(C)c(OC)c3)n2)c1. The van der Waals surface area contributed by atoms with E-state index < -0.39 is 5.97 Å². The van der Waals surface area contributed by atoms with Crippen LogP contribution in [0.15, 0.2) is 42.6 Å². The summed E-state index contributed by atoms with van der Waals surface area (Å²) in [6, 6.07) is 11.8. The average Bonchev–Trinajstić information content (AvgIpc) is 3.37. The third-order valence-electron chi connectivity index (χ3n) is 6.51. The topological polar surface area (TPSA) is 94.0 Å². The van der Waals surface area contributed by atoms with Crippen LogP contribution in [0.2, 0.25) is 0 Å². The number of aryl methyl sites for hydroxylation is 3. The molecule has 1 N–H and O–H groups in total. The van der Waals surface area contributed by atoms with Crippen molar-refractivity contribution < 1.29 is 24.1 Å². The Morgan fingerprint density at radius 2 is 1.86 bits per heavy atom. The summed E-state index contributed by atoms with van der Waals surface area (Å²) in [5.41, 5.74) is 3.76. The third kappa shape index (κ3) is 5.16. The van der Waals surface area contributed by atoms with E-state index in [4.69, 9.17) is 19.2 Å². The van der Waals surface area contributed by atoms with Crippen molar-refractivity contribution in [2.24, 2.45) is 0 Å². The summed E-state index contributed by atoms with van der Waals surface area (Å²) in [4.78, 5) is 23.2.